The smallest absolute Gasteiger partial charge is 0.261 e. The van der Waals surface area contributed by atoms with Crippen molar-refractivity contribution >= 4 is 28.6 Å². The third kappa shape index (κ3) is 4.22. The molecule has 1 aromatic heterocycles. The second-order valence-electron chi connectivity index (χ2n) is 6.34. The van der Waals surface area contributed by atoms with Crippen LogP contribution in [0.3, 0.4) is 0 Å². The van der Waals surface area contributed by atoms with Gasteiger partial charge in [-0.1, -0.05) is 30.8 Å². The summed E-state index contributed by atoms with van der Waals surface area (Å²) < 4.78 is 1.51. The predicted octanol–water partition coefficient (Wildman–Crippen LogP) is 1.63. The number of aromatic nitrogens is 2. The van der Waals surface area contributed by atoms with Gasteiger partial charge in [0.05, 0.1) is 16.7 Å². The minimum atomic E-state index is -0.0829. The van der Waals surface area contributed by atoms with Crippen LogP contribution in [-0.2, 0) is 11.8 Å². The molecule has 2 heterocycles. The number of nitrogens with zero attached hydrogens (tertiary/aromatic N) is 3. The zero-order valence-corrected chi connectivity index (χ0v) is 15.5. The first-order valence-corrected chi connectivity index (χ1v) is 9.67. The Morgan fingerprint density at radius 3 is 2.76 bits per heavy atom. The maximum absolute atomic E-state index is 12.4. The lowest BCUT2D eigenvalue weighted by molar-refractivity contribution is -0.119. The first-order chi connectivity index (χ1) is 12.1. The van der Waals surface area contributed by atoms with E-state index in [1.54, 1.807) is 13.1 Å². The Morgan fingerprint density at radius 2 is 2.04 bits per heavy atom. The van der Waals surface area contributed by atoms with Crippen molar-refractivity contribution in [3.63, 3.8) is 0 Å². The maximum Gasteiger partial charge on any atom is 0.261 e. The normalized spacial score (nSPS) is 16.2. The van der Waals surface area contributed by atoms with Crippen molar-refractivity contribution in [2.45, 2.75) is 31.0 Å². The fourth-order valence-corrected chi connectivity index (χ4v) is 3.90. The molecule has 0 atom stereocenters. The third-order valence-electron chi connectivity index (χ3n) is 4.67. The van der Waals surface area contributed by atoms with Crippen molar-refractivity contribution in [1.82, 2.24) is 19.8 Å². The Labute approximate surface area is 151 Å². The first-order valence-electron chi connectivity index (χ1n) is 8.68. The van der Waals surface area contributed by atoms with E-state index in [4.69, 9.17) is 0 Å². The molecule has 25 heavy (non-hydrogen) atoms. The van der Waals surface area contributed by atoms with E-state index in [9.17, 15) is 9.59 Å². The van der Waals surface area contributed by atoms with E-state index in [1.165, 1.54) is 16.3 Å². The number of benzene rings is 1. The van der Waals surface area contributed by atoms with E-state index in [0.29, 0.717) is 16.1 Å². The molecule has 6 nitrogen and oxygen atoms in total. The fraction of sp³-hybridized carbons (Fsp3) is 0.500. The van der Waals surface area contributed by atoms with E-state index >= 15 is 0 Å². The number of para-hydroxylation sites is 1. The van der Waals surface area contributed by atoms with Gasteiger partial charge in [0.25, 0.3) is 5.56 Å². The van der Waals surface area contributed by atoms with Crippen molar-refractivity contribution in [2.24, 2.45) is 7.05 Å². The van der Waals surface area contributed by atoms with Crippen LogP contribution < -0.4 is 10.9 Å². The monoisotopic (exact) mass is 360 g/mol. The molecule has 1 aliphatic heterocycles. The van der Waals surface area contributed by atoms with Crippen LogP contribution in [0, 0.1) is 0 Å². The van der Waals surface area contributed by atoms with Crippen LogP contribution in [0.2, 0.25) is 0 Å². The van der Waals surface area contributed by atoms with Crippen molar-refractivity contribution in [1.29, 1.82) is 0 Å². The average molecular weight is 360 g/mol. The number of likely N-dealkylation sites (tertiary alicyclic amines) is 1. The van der Waals surface area contributed by atoms with Gasteiger partial charge < -0.3 is 10.2 Å². The molecule has 134 valence electrons. The molecule has 3 rings (SSSR count). The van der Waals surface area contributed by atoms with E-state index < -0.39 is 0 Å². The molecule has 0 saturated carbocycles. The second kappa shape index (κ2) is 8.01. The van der Waals surface area contributed by atoms with Crippen molar-refractivity contribution in [3.05, 3.63) is 34.6 Å². The molecule has 7 heteroatoms. The Balaban J connectivity index is 1.60. The molecule has 1 aliphatic rings. The van der Waals surface area contributed by atoms with Crippen LogP contribution in [0.5, 0.6) is 0 Å². The number of fused-ring (bicyclic) bond motifs is 1. The molecule has 1 aromatic carbocycles. The number of carbonyl (C=O) groups is 1. The van der Waals surface area contributed by atoms with Gasteiger partial charge in [-0.3, -0.25) is 14.2 Å². The van der Waals surface area contributed by atoms with Gasteiger partial charge in [0.15, 0.2) is 5.16 Å². The number of nitrogens with one attached hydrogen (secondary N) is 1. The summed E-state index contributed by atoms with van der Waals surface area (Å²) in [6, 6.07) is 7.54. The van der Waals surface area contributed by atoms with Gasteiger partial charge in [-0.05, 0) is 31.5 Å². The van der Waals surface area contributed by atoms with Gasteiger partial charge >= 0.3 is 0 Å². The molecule has 0 radical (unpaired) electrons. The van der Waals surface area contributed by atoms with Crippen LogP contribution in [0.1, 0.15) is 19.8 Å². The topological polar surface area (TPSA) is 67.2 Å². The van der Waals surface area contributed by atoms with Crippen LogP contribution in [-0.4, -0.2) is 51.8 Å². The Bertz CT molecular complexity index is 812. The second-order valence-corrected chi connectivity index (χ2v) is 7.28. The zero-order chi connectivity index (χ0) is 17.8. The highest BCUT2D eigenvalue weighted by Crippen LogP contribution is 2.17. The number of rotatable bonds is 5. The number of hydrogen-bond donors (Lipinski definition) is 1. The van der Waals surface area contributed by atoms with Gasteiger partial charge in [0.1, 0.15) is 0 Å². The molecule has 2 aromatic rings. The number of amides is 1. The standard InChI is InChI=1S/C18H24N4O2S/c1-3-22-10-8-13(9-11-22)19-16(23)12-25-18-20-15-7-5-4-6-14(15)17(24)21(18)2/h4-7,13H,3,8-12H2,1-2H3,(H,19,23). The number of piperidine rings is 1. The maximum atomic E-state index is 12.4. The summed E-state index contributed by atoms with van der Waals surface area (Å²) in [6.07, 6.45) is 1.99. The van der Waals surface area contributed by atoms with Crippen molar-refractivity contribution < 1.29 is 4.79 Å². The summed E-state index contributed by atoms with van der Waals surface area (Å²) in [4.78, 5) is 31.5. The molecule has 1 amide bonds. The highest BCUT2D eigenvalue weighted by Gasteiger charge is 2.20. The molecule has 0 spiro atoms. The molecular weight excluding hydrogens is 336 g/mol. The Hall–Kier alpha value is -1.86. The summed E-state index contributed by atoms with van der Waals surface area (Å²) in [5.41, 5.74) is 0.584. The van der Waals surface area contributed by atoms with Crippen LogP contribution in [0.15, 0.2) is 34.2 Å². The molecule has 0 unspecified atom stereocenters. The molecule has 1 N–H and O–H groups in total. The largest absolute Gasteiger partial charge is 0.353 e. The van der Waals surface area contributed by atoms with E-state index in [2.05, 4.69) is 22.1 Å². The minimum Gasteiger partial charge on any atom is -0.353 e. The van der Waals surface area contributed by atoms with E-state index in [-0.39, 0.29) is 23.3 Å². The van der Waals surface area contributed by atoms with Crippen LogP contribution in [0.25, 0.3) is 10.9 Å². The fourth-order valence-electron chi connectivity index (χ4n) is 3.12. The number of carbonyl (C=O) groups excluding carboxylic acids is 1. The lowest BCUT2D eigenvalue weighted by atomic mass is 10.1. The van der Waals surface area contributed by atoms with Gasteiger partial charge in [-0.2, -0.15) is 0 Å². The van der Waals surface area contributed by atoms with Gasteiger partial charge in [-0.25, -0.2) is 4.98 Å². The zero-order valence-electron chi connectivity index (χ0n) is 14.7. The first kappa shape index (κ1) is 17.9. The highest BCUT2D eigenvalue weighted by molar-refractivity contribution is 7.99. The van der Waals surface area contributed by atoms with Gasteiger partial charge in [0.2, 0.25) is 5.91 Å². The van der Waals surface area contributed by atoms with Gasteiger partial charge in [0, 0.05) is 26.2 Å². The van der Waals surface area contributed by atoms with Crippen molar-refractivity contribution in [2.75, 3.05) is 25.4 Å². The van der Waals surface area contributed by atoms with E-state index in [0.717, 1.165) is 32.5 Å². The summed E-state index contributed by atoms with van der Waals surface area (Å²) in [5.74, 6) is 0.273. The molecule has 1 fully saturated rings. The van der Waals surface area contributed by atoms with E-state index in [1.807, 2.05) is 18.2 Å². The van der Waals surface area contributed by atoms with Crippen LogP contribution in [0.4, 0.5) is 0 Å². The average Bonchev–Trinajstić information content (AvgIpc) is 2.64. The molecule has 0 bridgehead atoms. The highest BCUT2D eigenvalue weighted by atomic mass is 32.2. The minimum absolute atomic E-state index is 0.00218. The Morgan fingerprint density at radius 1 is 1.32 bits per heavy atom. The predicted molar refractivity (Wildman–Crippen MR) is 101 cm³/mol. The number of thioether (sulfide) groups is 1. The van der Waals surface area contributed by atoms with Gasteiger partial charge in [-0.15, -0.1) is 0 Å². The SMILES string of the molecule is CCN1CCC(NC(=O)CSc2nc3ccccc3c(=O)n2C)CC1. The lowest BCUT2D eigenvalue weighted by Crippen LogP contribution is -2.45. The summed E-state index contributed by atoms with van der Waals surface area (Å²) in [5, 5.41) is 4.27. The Kier molecular flexibility index (Phi) is 5.75. The summed E-state index contributed by atoms with van der Waals surface area (Å²) >= 11 is 1.31. The summed E-state index contributed by atoms with van der Waals surface area (Å²) in [6.45, 7) is 5.30. The summed E-state index contributed by atoms with van der Waals surface area (Å²) in [7, 11) is 1.70. The quantitative estimate of drug-likeness (QED) is 0.648. The molecule has 1 saturated heterocycles. The van der Waals surface area contributed by atoms with Crippen LogP contribution >= 0.6 is 11.8 Å². The van der Waals surface area contributed by atoms with Crippen molar-refractivity contribution in [3.8, 4) is 0 Å². The number of hydrogen-bond acceptors (Lipinski definition) is 5. The third-order valence-corrected chi connectivity index (χ3v) is 5.70. The molecule has 0 aliphatic carbocycles. The lowest BCUT2D eigenvalue weighted by Gasteiger charge is -2.31. The molecular formula is C18H24N4O2S.